The van der Waals surface area contributed by atoms with Gasteiger partial charge in [-0.2, -0.15) is 0 Å². The summed E-state index contributed by atoms with van der Waals surface area (Å²) in [5.74, 6) is 0. The number of hydrogen-bond donors (Lipinski definition) is 0. The topological polar surface area (TPSA) is 9.23 Å². The molecule has 2 unspecified atom stereocenters. The quantitative estimate of drug-likeness (QED) is 0.427. The standard InChI is InChI=1S/C16H29BrO/c1-2-3-4-5-6-9-12-18-15-13-14(17)16(15)10-7-8-11-16/h14-15H,2-13H2,1H3. The molecule has 0 radical (unpaired) electrons. The van der Waals surface area contributed by atoms with Crippen LogP contribution in [0.25, 0.3) is 0 Å². The second-order valence-corrected chi connectivity index (χ2v) is 7.38. The van der Waals surface area contributed by atoms with Gasteiger partial charge in [0.05, 0.1) is 6.10 Å². The molecule has 2 aliphatic rings. The molecule has 0 aromatic heterocycles. The van der Waals surface area contributed by atoms with Gasteiger partial charge in [0.25, 0.3) is 0 Å². The largest absolute Gasteiger partial charge is 0.378 e. The Labute approximate surface area is 121 Å². The Balaban J connectivity index is 1.55. The zero-order chi connectivity index (χ0) is 12.8. The number of rotatable bonds is 8. The van der Waals surface area contributed by atoms with Crippen LogP contribution in [0.4, 0.5) is 0 Å². The molecule has 0 aromatic rings. The van der Waals surface area contributed by atoms with Crippen molar-refractivity contribution < 1.29 is 4.74 Å². The molecule has 106 valence electrons. The average molecular weight is 317 g/mol. The molecule has 0 saturated heterocycles. The van der Waals surface area contributed by atoms with E-state index in [1.165, 1.54) is 70.6 Å². The summed E-state index contributed by atoms with van der Waals surface area (Å²) < 4.78 is 6.16. The van der Waals surface area contributed by atoms with Crippen molar-refractivity contribution in [2.24, 2.45) is 5.41 Å². The van der Waals surface area contributed by atoms with Crippen LogP contribution >= 0.6 is 15.9 Å². The van der Waals surface area contributed by atoms with Gasteiger partial charge in [-0.15, -0.1) is 0 Å². The predicted molar refractivity (Wildman–Crippen MR) is 81.3 cm³/mol. The number of unbranched alkanes of at least 4 members (excludes halogenated alkanes) is 5. The summed E-state index contributed by atoms with van der Waals surface area (Å²) in [5.41, 5.74) is 0.530. The number of halogens is 1. The molecule has 2 rings (SSSR count). The first-order valence-corrected chi connectivity index (χ1v) is 8.97. The predicted octanol–water partition coefficient (Wildman–Crippen LogP) is 5.46. The Kier molecular flexibility index (Phi) is 6.00. The van der Waals surface area contributed by atoms with Gasteiger partial charge < -0.3 is 4.74 Å². The van der Waals surface area contributed by atoms with Crippen LogP contribution < -0.4 is 0 Å². The Morgan fingerprint density at radius 3 is 2.39 bits per heavy atom. The lowest BCUT2D eigenvalue weighted by Crippen LogP contribution is -2.53. The lowest BCUT2D eigenvalue weighted by Gasteiger charge is -2.51. The first-order valence-electron chi connectivity index (χ1n) is 8.05. The van der Waals surface area contributed by atoms with Crippen molar-refractivity contribution in [1.82, 2.24) is 0 Å². The van der Waals surface area contributed by atoms with Gasteiger partial charge in [0.15, 0.2) is 0 Å². The molecular formula is C16H29BrO. The Hall–Kier alpha value is 0.440. The first kappa shape index (κ1) is 14.8. The molecule has 0 N–H and O–H groups in total. The third-order valence-corrected chi connectivity index (χ3v) is 6.32. The van der Waals surface area contributed by atoms with Crippen molar-refractivity contribution in [3.63, 3.8) is 0 Å². The van der Waals surface area contributed by atoms with Crippen molar-refractivity contribution in [3.8, 4) is 0 Å². The van der Waals surface area contributed by atoms with Crippen LogP contribution in [0.15, 0.2) is 0 Å². The van der Waals surface area contributed by atoms with Gasteiger partial charge >= 0.3 is 0 Å². The highest BCUT2D eigenvalue weighted by Gasteiger charge is 2.55. The van der Waals surface area contributed by atoms with E-state index in [0.29, 0.717) is 11.5 Å². The van der Waals surface area contributed by atoms with E-state index >= 15 is 0 Å². The summed E-state index contributed by atoms with van der Waals surface area (Å²) in [6, 6.07) is 0. The minimum absolute atomic E-state index is 0.530. The lowest BCUT2D eigenvalue weighted by molar-refractivity contribution is -0.101. The van der Waals surface area contributed by atoms with Crippen LogP contribution in [0.5, 0.6) is 0 Å². The Morgan fingerprint density at radius 1 is 1.06 bits per heavy atom. The van der Waals surface area contributed by atoms with Crippen molar-refractivity contribution in [2.75, 3.05) is 6.61 Å². The fourth-order valence-corrected chi connectivity index (χ4v) is 4.80. The summed E-state index contributed by atoms with van der Waals surface area (Å²) in [6.45, 7) is 3.27. The molecule has 0 heterocycles. The van der Waals surface area contributed by atoms with Crippen LogP contribution in [-0.2, 0) is 4.74 Å². The average Bonchev–Trinajstić information content (AvgIpc) is 2.88. The van der Waals surface area contributed by atoms with Crippen molar-refractivity contribution in [2.45, 2.75) is 88.5 Å². The van der Waals surface area contributed by atoms with Gasteiger partial charge in [-0.05, 0) is 25.7 Å². The number of ether oxygens (including phenoxy) is 1. The minimum atomic E-state index is 0.530. The summed E-state index contributed by atoms with van der Waals surface area (Å²) >= 11 is 3.86. The highest BCUT2D eigenvalue weighted by atomic mass is 79.9. The number of alkyl halides is 1. The molecule has 0 aromatic carbocycles. The summed E-state index contributed by atoms with van der Waals surface area (Å²) in [7, 11) is 0. The van der Waals surface area contributed by atoms with Crippen LogP contribution in [0, 0.1) is 5.41 Å². The van der Waals surface area contributed by atoms with Crippen LogP contribution in [0.2, 0.25) is 0 Å². The van der Waals surface area contributed by atoms with Crippen LogP contribution in [0.1, 0.15) is 77.6 Å². The van der Waals surface area contributed by atoms with E-state index in [1.807, 2.05) is 0 Å². The molecular weight excluding hydrogens is 288 g/mol. The van der Waals surface area contributed by atoms with Gasteiger partial charge in [-0.25, -0.2) is 0 Å². The second kappa shape index (κ2) is 7.28. The fraction of sp³-hybridized carbons (Fsp3) is 1.00. The Morgan fingerprint density at radius 2 is 1.72 bits per heavy atom. The number of hydrogen-bond acceptors (Lipinski definition) is 1. The molecule has 0 aliphatic heterocycles. The fourth-order valence-electron chi connectivity index (χ4n) is 3.71. The Bertz CT molecular complexity index is 235. The highest BCUT2D eigenvalue weighted by molar-refractivity contribution is 9.09. The molecule has 2 saturated carbocycles. The zero-order valence-electron chi connectivity index (χ0n) is 11.9. The maximum absolute atomic E-state index is 6.16. The monoisotopic (exact) mass is 316 g/mol. The molecule has 0 bridgehead atoms. The second-order valence-electron chi connectivity index (χ2n) is 6.27. The van der Waals surface area contributed by atoms with Crippen LogP contribution in [-0.4, -0.2) is 17.5 Å². The lowest BCUT2D eigenvalue weighted by atomic mass is 9.64. The van der Waals surface area contributed by atoms with Gasteiger partial charge in [-0.1, -0.05) is 67.8 Å². The molecule has 2 fully saturated rings. The minimum Gasteiger partial charge on any atom is -0.378 e. The molecule has 2 atom stereocenters. The summed E-state index contributed by atoms with van der Waals surface area (Å²) in [6.07, 6.45) is 15.6. The van der Waals surface area contributed by atoms with E-state index in [2.05, 4.69) is 22.9 Å². The SMILES string of the molecule is CCCCCCCCOC1CC(Br)C12CCCC2. The highest BCUT2D eigenvalue weighted by Crippen LogP contribution is 2.57. The van der Waals surface area contributed by atoms with E-state index < -0.39 is 0 Å². The summed E-state index contributed by atoms with van der Waals surface area (Å²) in [5, 5.41) is 0. The smallest absolute Gasteiger partial charge is 0.0652 e. The van der Waals surface area contributed by atoms with Crippen molar-refractivity contribution in [1.29, 1.82) is 0 Å². The van der Waals surface area contributed by atoms with Crippen LogP contribution in [0.3, 0.4) is 0 Å². The van der Waals surface area contributed by atoms with Gasteiger partial charge in [0, 0.05) is 16.8 Å². The molecule has 18 heavy (non-hydrogen) atoms. The van der Waals surface area contributed by atoms with E-state index in [0.717, 1.165) is 11.4 Å². The molecule has 2 heteroatoms. The molecule has 2 aliphatic carbocycles. The first-order chi connectivity index (χ1) is 8.79. The third-order valence-electron chi connectivity index (χ3n) is 5.04. The van der Waals surface area contributed by atoms with Gasteiger partial charge in [-0.3, -0.25) is 0 Å². The maximum atomic E-state index is 6.16. The molecule has 0 amide bonds. The zero-order valence-corrected chi connectivity index (χ0v) is 13.5. The van der Waals surface area contributed by atoms with Crippen molar-refractivity contribution >= 4 is 15.9 Å². The van der Waals surface area contributed by atoms with E-state index in [4.69, 9.17) is 4.74 Å². The van der Waals surface area contributed by atoms with E-state index in [-0.39, 0.29) is 0 Å². The van der Waals surface area contributed by atoms with E-state index in [1.54, 1.807) is 0 Å². The van der Waals surface area contributed by atoms with Gasteiger partial charge in [0.2, 0.25) is 0 Å². The normalized spacial score (nSPS) is 29.7. The van der Waals surface area contributed by atoms with E-state index in [9.17, 15) is 0 Å². The molecule has 1 spiro atoms. The van der Waals surface area contributed by atoms with Crippen molar-refractivity contribution in [3.05, 3.63) is 0 Å². The summed E-state index contributed by atoms with van der Waals surface area (Å²) in [4.78, 5) is 0.738. The molecule has 1 nitrogen and oxygen atoms in total. The third kappa shape index (κ3) is 3.30. The maximum Gasteiger partial charge on any atom is 0.0652 e. The van der Waals surface area contributed by atoms with Gasteiger partial charge in [0.1, 0.15) is 0 Å².